The first-order chi connectivity index (χ1) is 10.3. The van der Waals surface area contributed by atoms with Gasteiger partial charge in [0.15, 0.2) is 0 Å². The number of hydrogen-bond acceptors (Lipinski definition) is 3. The molecule has 1 atom stereocenters. The average molecular weight is 285 g/mol. The predicted octanol–water partition coefficient (Wildman–Crippen LogP) is 3.66. The van der Waals surface area contributed by atoms with Crippen LogP contribution in [0.2, 0.25) is 0 Å². The maximum atomic E-state index is 6.63. The van der Waals surface area contributed by atoms with E-state index in [9.17, 15) is 0 Å². The van der Waals surface area contributed by atoms with Gasteiger partial charge in [-0.05, 0) is 42.5 Å². The standard InChI is InChI=1S/C18H23NO2/c1-2-21-16-8-7-13-5-3-4-6-15(13)17(16)18(19)14-9-11-20-12-10-14/h3-8,14,18H,2,9-12,19H2,1H3/t18-/m1/s1. The van der Waals surface area contributed by atoms with Gasteiger partial charge in [0.25, 0.3) is 0 Å². The van der Waals surface area contributed by atoms with E-state index < -0.39 is 0 Å². The molecule has 1 fully saturated rings. The summed E-state index contributed by atoms with van der Waals surface area (Å²) in [6, 6.07) is 12.6. The molecule has 3 rings (SSSR count). The van der Waals surface area contributed by atoms with Gasteiger partial charge in [-0.2, -0.15) is 0 Å². The Morgan fingerprint density at radius 1 is 1.19 bits per heavy atom. The van der Waals surface area contributed by atoms with Gasteiger partial charge in [0, 0.05) is 24.8 Å². The van der Waals surface area contributed by atoms with Crippen LogP contribution >= 0.6 is 0 Å². The number of nitrogens with two attached hydrogens (primary N) is 1. The summed E-state index contributed by atoms with van der Waals surface area (Å²) in [5.74, 6) is 1.39. The maximum Gasteiger partial charge on any atom is 0.124 e. The van der Waals surface area contributed by atoms with Crippen molar-refractivity contribution in [3.8, 4) is 5.75 Å². The van der Waals surface area contributed by atoms with Crippen LogP contribution in [0.5, 0.6) is 5.75 Å². The lowest BCUT2D eigenvalue weighted by Gasteiger charge is -2.29. The van der Waals surface area contributed by atoms with Crippen molar-refractivity contribution in [1.29, 1.82) is 0 Å². The molecule has 0 aliphatic carbocycles. The van der Waals surface area contributed by atoms with Crippen molar-refractivity contribution < 1.29 is 9.47 Å². The smallest absolute Gasteiger partial charge is 0.124 e. The number of fused-ring (bicyclic) bond motifs is 1. The van der Waals surface area contributed by atoms with Crippen molar-refractivity contribution in [1.82, 2.24) is 0 Å². The molecule has 1 saturated heterocycles. The van der Waals surface area contributed by atoms with Gasteiger partial charge in [0.05, 0.1) is 6.61 Å². The molecule has 0 saturated carbocycles. The third kappa shape index (κ3) is 2.89. The van der Waals surface area contributed by atoms with Gasteiger partial charge in [-0.15, -0.1) is 0 Å². The third-order valence-electron chi connectivity index (χ3n) is 4.34. The van der Waals surface area contributed by atoms with Crippen molar-refractivity contribution in [2.75, 3.05) is 19.8 Å². The van der Waals surface area contributed by atoms with E-state index in [4.69, 9.17) is 15.2 Å². The first kappa shape index (κ1) is 14.4. The van der Waals surface area contributed by atoms with Crippen molar-refractivity contribution in [3.05, 3.63) is 42.0 Å². The topological polar surface area (TPSA) is 44.5 Å². The van der Waals surface area contributed by atoms with Crippen LogP contribution in [0.25, 0.3) is 10.8 Å². The Hall–Kier alpha value is -1.58. The van der Waals surface area contributed by atoms with Gasteiger partial charge < -0.3 is 15.2 Å². The number of ether oxygens (including phenoxy) is 2. The second-order valence-corrected chi connectivity index (χ2v) is 5.61. The molecule has 1 heterocycles. The van der Waals surface area contributed by atoms with Crippen LogP contribution in [0.4, 0.5) is 0 Å². The first-order valence-corrected chi connectivity index (χ1v) is 7.79. The minimum absolute atomic E-state index is 0.00144. The summed E-state index contributed by atoms with van der Waals surface area (Å²) in [5.41, 5.74) is 7.79. The van der Waals surface area contributed by atoms with E-state index in [-0.39, 0.29) is 6.04 Å². The highest BCUT2D eigenvalue weighted by Gasteiger charge is 2.26. The molecule has 0 unspecified atom stereocenters. The Bertz CT molecular complexity index is 605. The number of benzene rings is 2. The van der Waals surface area contributed by atoms with Gasteiger partial charge in [-0.25, -0.2) is 0 Å². The minimum Gasteiger partial charge on any atom is -0.494 e. The van der Waals surface area contributed by atoms with Crippen molar-refractivity contribution in [3.63, 3.8) is 0 Å². The molecule has 1 aliphatic heterocycles. The van der Waals surface area contributed by atoms with Crippen LogP contribution in [-0.4, -0.2) is 19.8 Å². The fourth-order valence-corrected chi connectivity index (χ4v) is 3.21. The Balaban J connectivity index is 2.06. The molecule has 112 valence electrons. The molecule has 2 aromatic carbocycles. The van der Waals surface area contributed by atoms with E-state index in [2.05, 4.69) is 36.4 Å². The Kier molecular flexibility index (Phi) is 4.42. The van der Waals surface area contributed by atoms with Crippen LogP contribution in [-0.2, 0) is 4.74 Å². The van der Waals surface area contributed by atoms with E-state index >= 15 is 0 Å². The second-order valence-electron chi connectivity index (χ2n) is 5.61. The molecule has 3 nitrogen and oxygen atoms in total. The van der Waals surface area contributed by atoms with E-state index in [0.717, 1.165) is 37.4 Å². The molecule has 0 amide bonds. The van der Waals surface area contributed by atoms with Crippen LogP contribution in [0.15, 0.2) is 36.4 Å². The summed E-state index contributed by atoms with van der Waals surface area (Å²) in [6.07, 6.45) is 2.05. The number of hydrogen-bond donors (Lipinski definition) is 1. The summed E-state index contributed by atoms with van der Waals surface area (Å²) >= 11 is 0. The fourth-order valence-electron chi connectivity index (χ4n) is 3.21. The van der Waals surface area contributed by atoms with E-state index in [1.165, 1.54) is 10.8 Å². The van der Waals surface area contributed by atoms with Gasteiger partial charge >= 0.3 is 0 Å². The van der Waals surface area contributed by atoms with Crippen molar-refractivity contribution >= 4 is 10.8 Å². The zero-order valence-electron chi connectivity index (χ0n) is 12.5. The fraction of sp³-hybridized carbons (Fsp3) is 0.444. The normalized spacial score (nSPS) is 17.8. The average Bonchev–Trinajstić information content (AvgIpc) is 2.55. The lowest BCUT2D eigenvalue weighted by molar-refractivity contribution is 0.0582. The molecule has 3 heteroatoms. The van der Waals surface area contributed by atoms with Gasteiger partial charge in [-0.3, -0.25) is 0 Å². The Labute approximate surface area is 126 Å². The molecule has 2 aromatic rings. The van der Waals surface area contributed by atoms with Crippen molar-refractivity contribution in [2.45, 2.75) is 25.8 Å². The van der Waals surface area contributed by atoms with Crippen LogP contribution < -0.4 is 10.5 Å². The molecule has 0 bridgehead atoms. The molecular weight excluding hydrogens is 262 g/mol. The van der Waals surface area contributed by atoms with Crippen LogP contribution in [0.3, 0.4) is 0 Å². The molecule has 0 aromatic heterocycles. The van der Waals surface area contributed by atoms with E-state index in [1.807, 2.05) is 6.92 Å². The quantitative estimate of drug-likeness (QED) is 0.932. The SMILES string of the molecule is CCOc1ccc2ccccc2c1[C@H](N)C1CCOCC1. The highest BCUT2D eigenvalue weighted by Crippen LogP contribution is 2.38. The molecule has 0 radical (unpaired) electrons. The summed E-state index contributed by atoms with van der Waals surface area (Å²) in [5, 5.41) is 2.43. The first-order valence-electron chi connectivity index (χ1n) is 7.79. The van der Waals surface area contributed by atoms with Crippen LogP contribution in [0.1, 0.15) is 31.4 Å². The second kappa shape index (κ2) is 6.46. The molecule has 21 heavy (non-hydrogen) atoms. The van der Waals surface area contributed by atoms with E-state index in [0.29, 0.717) is 12.5 Å². The molecular formula is C18H23NO2. The molecule has 1 aliphatic rings. The predicted molar refractivity (Wildman–Crippen MR) is 85.6 cm³/mol. The maximum absolute atomic E-state index is 6.63. The van der Waals surface area contributed by atoms with Crippen molar-refractivity contribution in [2.24, 2.45) is 11.7 Å². The van der Waals surface area contributed by atoms with Gasteiger partial charge in [-0.1, -0.05) is 30.3 Å². The summed E-state index contributed by atoms with van der Waals surface area (Å²) in [6.45, 7) is 4.30. The Morgan fingerprint density at radius 3 is 2.71 bits per heavy atom. The van der Waals surface area contributed by atoms with Gasteiger partial charge in [0.1, 0.15) is 5.75 Å². The van der Waals surface area contributed by atoms with E-state index in [1.54, 1.807) is 0 Å². The summed E-state index contributed by atoms with van der Waals surface area (Å²) < 4.78 is 11.3. The highest BCUT2D eigenvalue weighted by atomic mass is 16.5. The highest BCUT2D eigenvalue weighted by molar-refractivity contribution is 5.88. The summed E-state index contributed by atoms with van der Waals surface area (Å²) in [4.78, 5) is 0. The monoisotopic (exact) mass is 285 g/mol. The largest absolute Gasteiger partial charge is 0.494 e. The minimum atomic E-state index is 0.00144. The summed E-state index contributed by atoms with van der Waals surface area (Å²) in [7, 11) is 0. The Morgan fingerprint density at radius 2 is 1.95 bits per heavy atom. The lowest BCUT2D eigenvalue weighted by atomic mass is 9.85. The third-order valence-corrected chi connectivity index (χ3v) is 4.34. The lowest BCUT2D eigenvalue weighted by Crippen LogP contribution is -2.28. The van der Waals surface area contributed by atoms with Gasteiger partial charge in [0.2, 0.25) is 0 Å². The number of rotatable bonds is 4. The van der Waals surface area contributed by atoms with Crippen LogP contribution in [0, 0.1) is 5.92 Å². The zero-order valence-corrected chi connectivity index (χ0v) is 12.5. The molecule has 2 N–H and O–H groups in total. The molecule has 0 spiro atoms. The zero-order chi connectivity index (χ0) is 14.7.